The number of ether oxygens (including phenoxy) is 4. The first-order valence-electron chi connectivity index (χ1n) is 8.08. The van der Waals surface area contributed by atoms with Crippen LogP contribution in [0.25, 0.3) is 0 Å². The van der Waals surface area contributed by atoms with Crippen molar-refractivity contribution in [1.29, 1.82) is 0 Å². The highest BCUT2D eigenvalue weighted by molar-refractivity contribution is 5.89. The number of carbonyl (C=O) groups is 2. The highest BCUT2D eigenvalue weighted by atomic mass is 16.7. The number of esters is 1. The summed E-state index contributed by atoms with van der Waals surface area (Å²) in [5.41, 5.74) is 1.25. The number of fused-ring (bicyclic) bond motifs is 1. The van der Waals surface area contributed by atoms with Crippen molar-refractivity contribution in [3.63, 3.8) is 0 Å². The second-order valence-corrected chi connectivity index (χ2v) is 5.68. The van der Waals surface area contributed by atoms with E-state index in [0.29, 0.717) is 29.4 Å². The summed E-state index contributed by atoms with van der Waals surface area (Å²) in [6, 6.07) is 12.0. The molecule has 2 aromatic carbocycles. The van der Waals surface area contributed by atoms with E-state index in [0.717, 1.165) is 5.56 Å². The lowest BCUT2D eigenvalue weighted by molar-refractivity contribution is -0.127. The smallest absolute Gasteiger partial charge is 0.337 e. The van der Waals surface area contributed by atoms with Gasteiger partial charge in [-0.05, 0) is 42.8 Å². The SMILES string of the molecule is COC(=O)c1cccc(O[C@H](C)C(=O)NCc2ccc3c(c2)OCO3)c1. The minimum absolute atomic E-state index is 0.209. The van der Waals surface area contributed by atoms with E-state index in [2.05, 4.69) is 10.1 Å². The molecule has 0 unspecified atom stereocenters. The minimum atomic E-state index is -0.725. The van der Waals surface area contributed by atoms with Gasteiger partial charge in [-0.2, -0.15) is 0 Å². The summed E-state index contributed by atoms with van der Waals surface area (Å²) in [4.78, 5) is 23.8. The van der Waals surface area contributed by atoms with Crippen LogP contribution in [-0.2, 0) is 16.1 Å². The molecule has 1 aliphatic rings. The Morgan fingerprint density at radius 1 is 1.15 bits per heavy atom. The van der Waals surface area contributed by atoms with E-state index in [9.17, 15) is 9.59 Å². The molecular formula is C19H19NO6. The van der Waals surface area contributed by atoms with Gasteiger partial charge < -0.3 is 24.3 Å². The van der Waals surface area contributed by atoms with Gasteiger partial charge in [0.15, 0.2) is 17.6 Å². The van der Waals surface area contributed by atoms with Crippen LogP contribution in [0.5, 0.6) is 17.2 Å². The van der Waals surface area contributed by atoms with Crippen LogP contribution >= 0.6 is 0 Å². The number of hydrogen-bond donors (Lipinski definition) is 1. The first-order chi connectivity index (χ1) is 12.6. The molecule has 3 rings (SSSR count). The zero-order valence-electron chi connectivity index (χ0n) is 14.5. The summed E-state index contributed by atoms with van der Waals surface area (Å²) in [5, 5.41) is 2.81. The van der Waals surface area contributed by atoms with Crippen molar-refractivity contribution >= 4 is 11.9 Å². The van der Waals surface area contributed by atoms with Crippen molar-refractivity contribution < 1.29 is 28.5 Å². The van der Waals surface area contributed by atoms with E-state index < -0.39 is 12.1 Å². The lowest BCUT2D eigenvalue weighted by Gasteiger charge is -2.15. The molecule has 7 heteroatoms. The molecule has 0 spiro atoms. The summed E-state index contributed by atoms with van der Waals surface area (Å²) in [6.45, 7) is 2.19. The van der Waals surface area contributed by atoms with E-state index in [1.54, 1.807) is 25.1 Å². The number of nitrogens with one attached hydrogen (secondary N) is 1. The predicted octanol–water partition coefficient (Wildman–Crippen LogP) is 2.29. The van der Waals surface area contributed by atoms with Crippen molar-refractivity contribution in [2.24, 2.45) is 0 Å². The van der Waals surface area contributed by atoms with Crippen molar-refractivity contribution in [3.8, 4) is 17.2 Å². The Morgan fingerprint density at radius 3 is 2.77 bits per heavy atom. The van der Waals surface area contributed by atoms with Gasteiger partial charge in [-0.3, -0.25) is 4.79 Å². The van der Waals surface area contributed by atoms with Gasteiger partial charge in [-0.15, -0.1) is 0 Å². The molecule has 1 aliphatic heterocycles. The van der Waals surface area contributed by atoms with E-state index in [1.165, 1.54) is 13.2 Å². The van der Waals surface area contributed by atoms with Crippen molar-refractivity contribution in [2.75, 3.05) is 13.9 Å². The average molecular weight is 357 g/mol. The Kier molecular flexibility index (Phi) is 5.26. The van der Waals surface area contributed by atoms with Gasteiger partial charge in [-0.25, -0.2) is 4.79 Å². The van der Waals surface area contributed by atoms with Crippen LogP contribution in [-0.4, -0.2) is 31.9 Å². The van der Waals surface area contributed by atoms with Crippen molar-refractivity contribution in [1.82, 2.24) is 5.32 Å². The van der Waals surface area contributed by atoms with E-state index in [4.69, 9.17) is 14.2 Å². The molecule has 26 heavy (non-hydrogen) atoms. The molecular weight excluding hydrogens is 338 g/mol. The van der Waals surface area contributed by atoms with E-state index in [-0.39, 0.29) is 12.7 Å². The second kappa shape index (κ2) is 7.77. The van der Waals surface area contributed by atoms with Crippen LogP contribution in [0, 0.1) is 0 Å². The molecule has 0 aliphatic carbocycles. The molecule has 1 N–H and O–H groups in total. The maximum Gasteiger partial charge on any atom is 0.337 e. The molecule has 1 heterocycles. The molecule has 0 aromatic heterocycles. The van der Waals surface area contributed by atoms with Crippen molar-refractivity contribution in [3.05, 3.63) is 53.6 Å². The number of benzene rings is 2. The van der Waals surface area contributed by atoms with Crippen LogP contribution in [0.2, 0.25) is 0 Å². The first-order valence-corrected chi connectivity index (χ1v) is 8.08. The number of carbonyl (C=O) groups excluding carboxylic acids is 2. The van der Waals surface area contributed by atoms with Gasteiger partial charge in [0.1, 0.15) is 5.75 Å². The normalized spacial score (nSPS) is 13.0. The zero-order valence-corrected chi connectivity index (χ0v) is 14.5. The number of hydrogen-bond acceptors (Lipinski definition) is 6. The van der Waals surface area contributed by atoms with E-state index in [1.807, 2.05) is 18.2 Å². The van der Waals surface area contributed by atoms with Crippen molar-refractivity contribution in [2.45, 2.75) is 19.6 Å². The largest absolute Gasteiger partial charge is 0.481 e. The number of amides is 1. The highest BCUT2D eigenvalue weighted by Gasteiger charge is 2.17. The first kappa shape index (κ1) is 17.6. The summed E-state index contributed by atoms with van der Waals surface area (Å²) in [6.07, 6.45) is -0.725. The third-order valence-electron chi connectivity index (χ3n) is 3.84. The fourth-order valence-corrected chi connectivity index (χ4v) is 2.46. The van der Waals surface area contributed by atoms with Crippen LogP contribution in [0.15, 0.2) is 42.5 Å². The highest BCUT2D eigenvalue weighted by Crippen LogP contribution is 2.32. The lowest BCUT2D eigenvalue weighted by atomic mass is 10.2. The van der Waals surface area contributed by atoms with Gasteiger partial charge in [0, 0.05) is 6.54 Å². The van der Waals surface area contributed by atoms with Gasteiger partial charge in [0.25, 0.3) is 5.91 Å². The molecule has 0 saturated heterocycles. The van der Waals surface area contributed by atoms with Gasteiger partial charge >= 0.3 is 5.97 Å². The van der Waals surface area contributed by atoms with Crippen LogP contribution in [0.3, 0.4) is 0 Å². The Hall–Kier alpha value is -3.22. The van der Waals surface area contributed by atoms with Gasteiger partial charge in [0.05, 0.1) is 12.7 Å². The molecule has 7 nitrogen and oxygen atoms in total. The summed E-state index contributed by atoms with van der Waals surface area (Å²) >= 11 is 0. The monoisotopic (exact) mass is 357 g/mol. The summed E-state index contributed by atoms with van der Waals surface area (Å²) in [7, 11) is 1.31. The topological polar surface area (TPSA) is 83.1 Å². The minimum Gasteiger partial charge on any atom is -0.481 e. The predicted molar refractivity (Wildman–Crippen MR) is 92.3 cm³/mol. The zero-order chi connectivity index (χ0) is 18.5. The van der Waals surface area contributed by atoms with E-state index >= 15 is 0 Å². The molecule has 2 aromatic rings. The van der Waals surface area contributed by atoms with Gasteiger partial charge in [0.2, 0.25) is 6.79 Å². The van der Waals surface area contributed by atoms with Gasteiger partial charge in [-0.1, -0.05) is 12.1 Å². The van der Waals surface area contributed by atoms with Crippen LogP contribution < -0.4 is 19.5 Å². The third kappa shape index (κ3) is 4.05. The fraction of sp³-hybridized carbons (Fsp3) is 0.263. The Labute approximate surface area is 150 Å². The number of methoxy groups -OCH3 is 1. The molecule has 0 fully saturated rings. The second-order valence-electron chi connectivity index (χ2n) is 5.68. The average Bonchev–Trinajstić information content (AvgIpc) is 3.13. The molecule has 0 bridgehead atoms. The molecule has 136 valence electrons. The lowest BCUT2D eigenvalue weighted by Crippen LogP contribution is -2.35. The maximum absolute atomic E-state index is 12.2. The Balaban J connectivity index is 1.55. The Morgan fingerprint density at radius 2 is 1.96 bits per heavy atom. The number of rotatable bonds is 6. The quantitative estimate of drug-likeness (QED) is 0.799. The Bertz CT molecular complexity index is 819. The molecule has 0 saturated carbocycles. The summed E-state index contributed by atoms with van der Waals surface area (Å²) in [5.74, 6) is 1.04. The standard InChI is InChI=1S/C19H19NO6/c1-12(26-15-5-3-4-14(9-15)19(22)23-2)18(21)20-10-13-6-7-16-17(8-13)25-11-24-16/h3-9,12H,10-11H2,1-2H3,(H,20,21)/t12-/m1/s1. The van der Waals surface area contributed by atoms with Crippen LogP contribution in [0.1, 0.15) is 22.8 Å². The van der Waals surface area contributed by atoms with Crippen LogP contribution in [0.4, 0.5) is 0 Å². The maximum atomic E-state index is 12.2. The molecule has 1 amide bonds. The summed E-state index contributed by atoms with van der Waals surface area (Å²) < 4.78 is 20.8. The third-order valence-corrected chi connectivity index (χ3v) is 3.84. The fourth-order valence-electron chi connectivity index (χ4n) is 2.46. The molecule has 1 atom stereocenters. The molecule has 0 radical (unpaired) electrons.